The van der Waals surface area contributed by atoms with E-state index in [9.17, 15) is 9.90 Å². The van der Waals surface area contributed by atoms with Crippen LogP contribution in [0.3, 0.4) is 0 Å². The van der Waals surface area contributed by atoms with Gasteiger partial charge in [-0.25, -0.2) is 4.98 Å². The average Bonchev–Trinajstić information content (AvgIpc) is 3.01. The van der Waals surface area contributed by atoms with E-state index in [4.69, 9.17) is 4.42 Å². The predicted octanol–water partition coefficient (Wildman–Crippen LogP) is -0.267. The minimum absolute atomic E-state index is 0. The molecule has 1 atom stereocenters. The summed E-state index contributed by atoms with van der Waals surface area (Å²) < 4.78 is 5.67. The predicted molar refractivity (Wildman–Crippen MR) is 84.1 cm³/mol. The molecule has 4 nitrogen and oxygen atoms in total. The van der Waals surface area contributed by atoms with E-state index in [0.29, 0.717) is 11.5 Å². The van der Waals surface area contributed by atoms with Crippen molar-refractivity contribution >= 4 is 18.6 Å². The molecular weight excluding hydrogens is 321 g/mol. The Kier molecular flexibility index (Phi) is 6.07. The number of hydrogen-bond acceptors (Lipinski definition) is 5. The summed E-state index contributed by atoms with van der Waals surface area (Å²) in [4.78, 5) is 15.3. The summed E-state index contributed by atoms with van der Waals surface area (Å²) in [7, 11) is 0. The standard InChI is InChI=1S/C17H13NO3S.Na/c19-17(20)15(22)16-18-13(11-7-3-1-4-8-11)14(21-16)12-9-5-2-6-10-12;/h1-10,15,22H,(H,19,20);/q;+1/p-1. The van der Waals surface area contributed by atoms with Crippen molar-refractivity contribution < 1.29 is 43.9 Å². The van der Waals surface area contributed by atoms with E-state index in [-0.39, 0.29) is 35.4 Å². The Hall–Kier alpha value is -1.53. The molecule has 0 aliphatic rings. The van der Waals surface area contributed by atoms with Crippen LogP contribution in [-0.2, 0) is 4.79 Å². The fourth-order valence-electron chi connectivity index (χ4n) is 2.13. The third-order valence-electron chi connectivity index (χ3n) is 3.18. The van der Waals surface area contributed by atoms with Crippen LogP contribution in [0.25, 0.3) is 22.6 Å². The Morgan fingerprint density at radius 2 is 1.52 bits per heavy atom. The molecular formula is C17H12NNaO3S. The number of carboxylic acids is 1. The number of nitrogens with zero attached hydrogens (tertiary/aromatic N) is 1. The summed E-state index contributed by atoms with van der Waals surface area (Å²) >= 11 is 3.98. The van der Waals surface area contributed by atoms with Crippen LogP contribution in [0, 0.1) is 0 Å². The summed E-state index contributed by atoms with van der Waals surface area (Å²) in [5, 5.41) is 9.80. The van der Waals surface area contributed by atoms with Crippen molar-refractivity contribution in [1.29, 1.82) is 0 Å². The van der Waals surface area contributed by atoms with Crippen molar-refractivity contribution in [3.63, 3.8) is 0 Å². The number of aromatic nitrogens is 1. The Labute approximate surface area is 161 Å². The zero-order chi connectivity index (χ0) is 15.5. The van der Waals surface area contributed by atoms with Gasteiger partial charge in [0, 0.05) is 11.1 Å². The van der Waals surface area contributed by atoms with Gasteiger partial charge in [0.25, 0.3) is 0 Å². The first-order valence-electron chi connectivity index (χ1n) is 6.67. The van der Waals surface area contributed by atoms with Crippen molar-refractivity contribution in [2.75, 3.05) is 0 Å². The van der Waals surface area contributed by atoms with Crippen LogP contribution in [0.2, 0.25) is 0 Å². The number of hydrogen-bond donors (Lipinski definition) is 1. The molecule has 23 heavy (non-hydrogen) atoms. The first kappa shape index (κ1) is 17.8. The first-order chi connectivity index (χ1) is 10.7. The molecule has 2 aromatic carbocycles. The number of carboxylic acid groups (broad SMARTS) is 1. The maximum absolute atomic E-state index is 11.0. The van der Waals surface area contributed by atoms with E-state index < -0.39 is 11.2 Å². The molecule has 1 heterocycles. The van der Waals surface area contributed by atoms with Gasteiger partial charge in [-0.05, 0) is 0 Å². The first-order valence-corrected chi connectivity index (χ1v) is 7.19. The third kappa shape index (κ3) is 3.87. The number of carbonyl (C=O) groups is 1. The fourth-order valence-corrected chi connectivity index (χ4v) is 2.24. The number of thiol groups is 1. The van der Waals surface area contributed by atoms with Crippen molar-refractivity contribution in [2.45, 2.75) is 5.25 Å². The monoisotopic (exact) mass is 333 g/mol. The molecule has 0 amide bonds. The van der Waals surface area contributed by atoms with Gasteiger partial charge in [-0.15, -0.1) is 0 Å². The fraction of sp³-hybridized carbons (Fsp3) is 0.0588. The Morgan fingerprint density at radius 3 is 2.04 bits per heavy atom. The van der Waals surface area contributed by atoms with Crippen molar-refractivity contribution in [2.24, 2.45) is 0 Å². The molecule has 0 aliphatic heterocycles. The summed E-state index contributed by atoms with van der Waals surface area (Å²) in [5.74, 6) is -0.813. The summed E-state index contributed by atoms with van der Waals surface area (Å²) in [6, 6.07) is 18.9. The number of carbonyl (C=O) groups excluding carboxylic acids is 1. The van der Waals surface area contributed by atoms with Gasteiger partial charge in [0.1, 0.15) is 10.9 Å². The largest absolute Gasteiger partial charge is 1.00 e. The van der Waals surface area contributed by atoms with Crippen LogP contribution in [0.4, 0.5) is 0 Å². The van der Waals surface area contributed by atoms with Crippen LogP contribution < -0.4 is 34.7 Å². The van der Waals surface area contributed by atoms with E-state index in [2.05, 4.69) is 17.6 Å². The molecule has 110 valence electrons. The summed E-state index contributed by atoms with van der Waals surface area (Å²) in [6.45, 7) is 0. The second-order valence-electron chi connectivity index (χ2n) is 4.68. The Balaban J connectivity index is 0.00000192. The number of aliphatic carboxylic acids is 1. The van der Waals surface area contributed by atoms with Crippen molar-refractivity contribution in [3.8, 4) is 22.6 Å². The zero-order valence-electron chi connectivity index (χ0n) is 12.5. The molecule has 1 unspecified atom stereocenters. The van der Waals surface area contributed by atoms with Gasteiger partial charge in [0.05, 0.1) is 5.97 Å². The molecule has 0 fully saturated rings. The normalized spacial score (nSPS) is 11.5. The van der Waals surface area contributed by atoms with Gasteiger partial charge < -0.3 is 14.3 Å². The van der Waals surface area contributed by atoms with Crippen LogP contribution in [0.1, 0.15) is 11.1 Å². The average molecular weight is 333 g/mol. The molecule has 0 aliphatic carbocycles. The SMILES string of the molecule is O=C([O-])C(S)c1nc(-c2ccccc2)c(-c2ccccc2)o1.[Na+]. The summed E-state index contributed by atoms with van der Waals surface area (Å²) in [6.07, 6.45) is 0. The molecule has 1 aromatic heterocycles. The number of oxazole rings is 1. The van der Waals surface area contributed by atoms with Gasteiger partial charge in [-0.2, -0.15) is 12.6 Å². The third-order valence-corrected chi connectivity index (χ3v) is 3.62. The van der Waals surface area contributed by atoms with Gasteiger partial charge in [-0.3, -0.25) is 0 Å². The molecule has 0 spiro atoms. The van der Waals surface area contributed by atoms with E-state index in [0.717, 1.165) is 11.1 Å². The van der Waals surface area contributed by atoms with E-state index in [1.54, 1.807) is 0 Å². The van der Waals surface area contributed by atoms with Crippen LogP contribution >= 0.6 is 12.6 Å². The number of rotatable bonds is 4. The molecule has 0 N–H and O–H groups in total. The molecule has 3 aromatic rings. The van der Waals surface area contributed by atoms with Gasteiger partial charge in [0.2, 0.25) is 5.89 Å². The second-order valence-corrected chi connectivity index (χ2v) is 5.20. The molecule has 0 saturated heterocycles. The number of benzene rings is 2. The quantitative estimate of drug-likeness (QED) is 0.527. The molecule has 0 saturated carbocycles. The molecule has 0 bridgehead atoms. The van der Waals surface area contributed by atoms with Crippen LogP contribution in [0.5, 0.6) is 0 Å². The van der Waals surface area contributed by atoms with Crippen LogP contribution in [0.15, 0.2) is 65.1 Å². The smallest absolute Gasteiger partial charge is 0.548 e. The minimum Gasteiger partial charge on any atom is -0.548 e. The molecule has 0 radical (unpaired) electrons. The van der Waals surface area contributed by atoms with Crippen molar-refractivity contribution in [3.05, 3.63) is 66.6 Å². The van der Waals surface area contributed by atoms with Gasteiger partial charge >= 0.3 is 29.6 Å². The van der Waals surface area contributed by atoms with E-state index >= 15 is 0 Å². The topological polar surface area (TPSA) is 66.2 Å². The molecule has 6 heteroatoms. The van der Waals surface area contributed by atoms with Crippen molar-refractivity contribution in [1.82, 2.24) is 4.98 Å². The van der Waals surface area contributed by atoms with E-state index in [1.165, 1.54) is 0 Å². The maximum atomic E-state index is 11.0. The maximum Gasteiger partial charge on any atom is 1.00 e. The van der Waals surface area contributed by atoms with Gasteiger partial charge in [-0.1, -0.05) is 60.7 Å². The second kappa shape index (κ2) is 7.84. The zero-order valence-corrected chi connectivity index (χ0v) is 15.4. The van der Waals surface area contributed by atoms with Gasteiger partial charge in [0.15, 0.2) is 5.76 Å². The minimum atomic E-state index is -1.34. The van der Waals surface area contributed by atoms with Crippen LogP contribution in [-0.4, -0.2) is 11.0 Å². The van der Waals surface area contributed by atoms with E-state index in [1.807, 2.05) is 60.7 Å². The summed E-state index contributed by atoms with van der Waals surface area (Å²) in [5.41, 5.74) is 2.25. The Bertz CT molecular complexity index is 733. The molecule has 3 rings (SSSR count). The Morgan fingerprint density at radius 1 is 1.00 bits per heavy atom.